The molecule has 0 saturated heterocycles. The molecule has 2 rings (SSSR count). The topological polar surface area (TPSA) is 76.9 Å². The Morgan fingerprint density at radius 1 is 1.46 bits per heavy atom. The van der Waals surface area contributed by atoms with Crippen LogP contribution in [0.15, 0.2) is 12.6 Å². The van der Waals surface area contributed by atoms with Crippen molar-refractivity contribution in [2.24, 2.45) is 0 Å². The third-order valence-corrected chi connectivity index (χ3v) is 4.66. The molecule has 0 aliphatic heterocycles. The fourth-order valence-electron chi connectivity index (χ4n) is 2.66. The van der Waals surface area contributed by atoms with Crippen LogP contribution in [0.4, 0.5) is 13.2 Å². The first-order chi connectivity index (χ1) is 11.0. The van der Waals surface area contributed by atoms with E-state index in [2.05, 4.69) is 11.6 Å². The lowest BCUT2D eigenvalue weighted by molar-refractivity contribution is -0.546. The molecule has 1 heterocycles. The van der Waals surface area contributed by atoms with Crippen molar-refractivity contribution in [2.75, 3.05) is 5.75 Å². The number of hydrogen-bond acceptors (Lipinski definition) is 3. The van der Waals surface area contributed by atoms with Crippen LogP contribution in [0.25, 0.3) is 17.2 Å². The van der Waals surface area contributed by atoms with Gasteiger partial charge in [-0.05, 0) is 12.8 Å². The van der Waals surface area contributed by atoms with Gasteiger partial charge in [0.25, 0.3) is 5.82 Å². The van der Waals surface area contributed by atoms with E-state index in [4.69, 9.17) is 11.6 Å². The second kappa shape index (κ2) is 6.38. The average Bonchev–Trinajstić information content (AvgIpc) is 2.70. The molecule has 5 nitrogen and oxygen atoms in total. The first kappa shape index (κ1) is 18.8. The molecule has 1 N–H and O–H groups in total. The van der Waals surface area contributed by atoms with Gasteiger partial charge in [0, 0.05) is 24.3 Å². The summed E-state index contributed by atoms with van der Waals surface area (Å²) in [4.78, 5) is 2.84. The van der Waals surface area contributed by atoms with Gasteiger partial charge in [-0.1, -0.05) is 18.2 Å². The van der Waals surface area contributed by atoms with Crippen molar-refractivity contribution in [3.8, 4) is 0 Å². The Bertz CT molecular complexity index is 904. The molecule has 0 aliphatic carbocycles. The van der Waals surface area contributed by atoms with Crippen LogP contribution in [0.1, 0.15) is 23.4 Å². The smallest absolute Gasteiger partial charge is 0.418 e. The highest BCUT2D eigenvalue weighted by molar-refractivity contribution is 7.85. The van der Waals surface area contributed by atoms with Gasteiger partial charge in [0.2, 0.25) is 0 Å². The zero-order chi connectivity index (χ0) is 18.3. The number of hydrogen-bond donors (Lipinski definition) is 1. The highest BCUT2D eigenvalue weighted by atomic mass is 35.5. The molecule has 1 aromatic heterocycles. The van der Waals surface area contributed by atoms with E-state index < -0.39 is 32.6 Å². The van der Waals surface area contributed by atoms with Crippen LogP contribution in [-0.4, -0.2) is 23.7 Å². The largest absolute Gasteiger partial charge is 0.748 e. The molecule has 132 valence electrons. The van der Waals surface area contributed by atoms with Crippen molar-refractivity contribution in [3.63, 3.8) is 0 Å². The van der Waals surface area contributed by atoms with Gasteiger partial charge in [-0.2, -0.15) is 13.2 Å². The number of aromatic amines is 1. The number of nitrogens with zero attached hydrogens (tertiary/aromatic N) is 1. The lowest BCUT2D eigenvalue weighted by Crippen LogP contribution is -2.27. The van der Waals surface area contributed by atoms with Crippen molar-refractivity contribution in [1.82, 2.24) is 4.98 Å². The molecule has 0 bridgehead atoms. The number of halogens is 4. The number of rotatable bonds is 5. The highest BCUT2D eigenvalue weighted by Gasteiger charge is 2.38. The molecule has 0 fully saturated rings. The minimum absolute atomic E-state index is 0.169. The molecule has 0 radical (unpaired) electrons. The van der Waals surface area contributed by atoms with Crippen molar-refractivity contribution < 1.29 is 30.7 Å². The van der Waals surface area contributed by atoms with Crippen LogP contribution in [-0.2, 0) is 22.7 Å². The second-order valence-corrected chi connectivity index (χ2v) is 7.16. The summed E-state index contributed by atoms with van der Waals surface area (Å²) < 4.78 is 73.8. The molecular formula is C14H14ClF3N2O3S. The molecule has 0 amide bonds. The third-order valence-electron chi connectivity index (χ3n) is 3.58. The number of nitrogens with one attached hydrogen (secondary N) is 1. The first-order valence-corrected chi connectivity index (χ1v) is 8.79. The summed E-state index contributed by atoms with van der Waals surface area (Å²) in [6.45, 7) is 5.24. The van der Waals surface area contributed by atoms with Crippen LogP contribution in [0, 0.1) is 6.92 Å². The maximum Gasteiger partial charge on any atom is 0.418 e. The maximum absolute atomic E-state index is 13.4. The van der Waals surface area contributed by atoms with Crippen molar-refractivity contribution in [3.05, 3.63) is 34.6 Å². The summed E-state index contributed by atoms with van der Waals surface area (Å²) in [5, 5.41) is -0.496. The molecule has 24 heavy (non-hydrogen) atoms. The molecule has 0 saturated carbocycles. The fraction of sp³-hybridized carbons (Fsp3) is 0.357. The lowest BCUT2D eigenvalue weighted by atomic mass is 10.0. The molecule has 2 aromatic rings. The lowest BCUT2D eigenvalue weighted by Gasteiger charge is -2.14. The number of aryl methyl sites for hydroxylation is 2. The van der Waals surface area contributed by atoms with Gasteiger partial charge < -0.3 is 4.55 Å². The Morgan fingerprint density at radius 2 is 2.08 bits per heavy atom. The Hall–Kier alpha value is -1.58. The van der Waals surface area contributed by atoms with Crippen LogP contribution >= 0.6 is 11.6 Å². The van der Waals surface area contributed by atoms with E-state index in [0.29, 0.717) is 11.3 Å². The molecule has 0 unspecified atom stereocenters. The summed E-state index contributed by atoms with van der Waals surface area (Å²) >= 11 is 5.84. The van der Waals surface area contributed by atoms with E-state index >= 15 is 0 Å². The fourth-order valence-corrected chi connectivity index (χ4v) is 3.48. The number of aromatic nitrogens is 2. The molecular weight excluding hydrogens is 369 g/mol. The standard InChI is InChI=1S/C14H14ClF3N2O3S/c1-3-20-8(2)19-13-9(5-4-6-24(21,22)23)12(14(16,17)18)10(15)7-11(13)20/h3,7H,1,4-6H2,2H3,(H,21,22,23). The number of H-pyrrole nitrogens is 1. The average molecular weight is 383 g/mol. The number of fused-ring (bicyclic) bond motifs is 1. The minimum atomic E-state index is -4.71. The highest BCUT2D eigenvalue weighted by Crippen LogP contribution is 2.40. The Kier molecular flexibility index (Phi) is 4.98. The van der Waals surface area contributed by atoms with Gasteiger partial charge in [-0.3, -0.25) is 0 Å². The molecule has 0 aliphatic rings. The van der Waals surface area contributed by atoms with Crippen molar-refractivity contribution >= 4 is 39.0 Å². The van der Waals surface area contributed by atoms with E-state index in [9.17, 15) is 26.1 Å². The Morgan fingerprint density at radius 3 is 2.58 bits per heavy atom. The van der Waals surface area contributed by atoms with Gasteiger partial charge >= 0.3 is 6.18 Å². The SMILES string of the molecule is C=C[n+]1c(C)[nH]c2c(CCCS(=O)(=O)[O-])c(C(F)(F)F)c(Cl)cc21. The predicted molar refractivity (Wildman–Crippen MR) is 82.5 cm³/mol. The van der Waals surface area contributed by atoms with Gasteiger partial charge in [0.05, 0.1) is 26.9 Å². The van der Waals surface area contributed by atoms with Crippen LogP contribution in [0.2, 0.25) is 5.02 Å². The molecule has 1 aromatic carbocycles. The normalized spacial score (nSPS) is 12.8. The van der Waals surface area contributed by atoms with Gasteiger partial charge in [0.1, 0.15) is 0 Å². The monoisotopic (exact) mass is 382 g/mol. The summed E-state index contributed by atoms with van der Waals surface area (Å²) in [7, 11) is -4.51. The van der Waals surface area contributed by atoms with Crippen LogP contribution in [0.3, 0.4) is 0 Å². The van der Waals surface area contributed by atoms with Gasteiger partial charge in [0.15, 0.2) is 11.0 Å². The second-order valence-electron chi connectivity index (χ2n) is 5.23. The molecule has 10 heteroatoms. The number of benzene rings is 1. The van der Waals surface area contributed by atoms with Crippen LogP contribution in [0.5, 0.6) is 0 Å². The van der Waals surface area contributed by atoms with Crippen molar-refractivity contribution in [1.29, 1.82) is 0 Å². The summed E-state index contributed by atoms with van der Waals surface area (Å²) in [5.74, 6) is -0.215. The van der Waals surface area contributed by atoms with Crippen molar-refractivity contribution in [2.45, 2.75) is 25.9 Å². The van der Waals surface area contributed by atoms with E-state index in [0.717, 1.165) is 0 Å². The first-order valence-electron chi connectivity index (χ1n) is 6.84. The zero-order valence-corrected chi connectivity index (χ0v) is 14.1. The van der Waals surface area contributed by atoms with E-state index in [1.54, 1.807) is 6.92 Å². The van der Waals surface area contributed by atoms with E-state index in [1.165, 1.54) is 16.8 Å². The Labute approximate surface area is 141 Å². The number of alkyl halides is 3. The summed E-state index contributed by atoms with van der Waals surface area (Å²) in [5.41, 5.74) is -0.623. The van der Waals surface area contributed by atoms with Gasteiger partial charge in [-0.15, -0.1) is 0 Å². The predicted octanol–water partition coefficient (Wildman–Crippen LogP) is 3.01. The van der Waals surface area contributed by atoms with E-state index in [-0.39, 0.29) is 23.9 Å². The quantitative estimate of drug-likeness (QED) is 0.638. The van der Waals surface area contributed by atoms with E-state index in [1.807, 2.05) is 0 Å². The minimum Gasteiger partial charge on any atom is -0.748 e. The molecule has 0 atom stereocenters. The Balaban J connectivity index is 2.68. The number of imidazole rings is 1. The summed E-state index contributed by atoms with van der Waals surface area (Å²) in [6.07, 6.45) is -3.79. The maximum atomic E-state index is 13.4. The van der Waals surface area contributed by atoms with Crippen LogP contribution < -0.4 is 4.57 Å². The van der Waals surface area contributed by atoms with Gasteiger partial charge in [-0.25, -0.2) is 18.0 Å². The molecule has 0 spiro atoms. The summed E-state index contributed by atoms with van der Waals surface area (Å²) in [6, 6.07) is 1.18. The third kappa shape index (κ3) is 3.73. The zero-order valence-electron chi connectivity index (χ0n) is 12.6.